The van der Waals surface area contributed by atoms with Crippen molar-refractivity contribution in [2.45, 2.75) is 37.4 Å². The molecule has 9 heteroatoms. The lowest BCUT2D eigenvalue weighted by atomic mass is 10.2. The van der Waals surface area contributed by atoms with E-state index in [-0.39, 0.29) is 29.2 Å². The molecule has 0 aliphatic heterocycles. The molecule has 0 radical (unpaired) electrons. The van der Waals surface area contributed by atoms with Gasteiger partial charge >= 0.3 is 5.76 Å². The van der Waals surface area contributed by atoms with Gasteiger partial charge in [-0.15, -0.1) is 0 Å². The first-order valence-electron chi connectivity index (χ1n) is 8.12. The fourth-order valence-corrected chi connectivity index (χ4v) is 4.83. The van der Waals surface area contributed by atoms with E-state index in [9.17, 15) is 18.0 Å². The first kappa shape index (κ1) is 17.4. The van der Waals surface area contributed by atoms with Crippen LogP contribution in [0.1, 0.15) is 32.1 Å². The van der Waals surface area contributed by atoms with Crippen LogP contribution in [0.25, 0.3) is 11.4 Å². The number of hydrogen-bond acceptors (Lipinski definition) is 6. The van der Waals surface area contributed by atoms with Gasteiger partial charge in [-0.05, 0) is 25.0 Å². The zero-order chi connectivity index (χ0) is 17.9. The minimum Gasteiger partial charge on any atom is -0.326 e. The van der Waals surface area contributed by atoms with Gasteiger partial charge in [0, 0.05) is 17.7 Å². The smallest absolute Gasteiger partial charge is 0.326 e. The highest BCUT2D eigenvalue weighted by Gasteiger charge is 2.28. The van der Waals surface area contributed by atoms with Crippen LogP contribution in [0.3, 0.4) is 0 Å². The second kappa shape index (κ2) is 7.22. The highest BCUT2D eigenvalue weighted by molar-refractivity contribution is 7.92. The van der Waals surface area contributed by atoms with E-state index in [4.69, 9.17) is 0 Å². The van der Waals surface area contributed by atoms with Crippen LogP contribution in [-0.4, -0.2) is 35.5 Å². The molecule has 0 unspecified atom stereocenters. The Morgan fingerprint density at radius 3 is 2.76 bits per heavy atom. The topological polar surface area (TPSA) is 122 Å². The molecular formula is C16H19N3O5S. The third-order valence-electron chi connectivity index (χ3n) is 4.28. The van der Waals surface area contributed by atoms with Crippen molar-refractivity contribution in [1.82, 2.24) is 10.1 Å². The van der Waals surface area contributed by atoms with E-state index in [0.29, 0.717) is 24.1 Å². The van der Waals surface area contributed by atoms with Gasteiger partial charge in [-0.25, -0.2) is 13.2 Å². The van der Waals surface area contributed by atoms with E-state index < -0.39 is 15.6 Å². The number of benzene rings is 1. The number of H-pyrrole nitrogens is 1. The number of hydrogen-bond donors (Lipinski definition) is 2. The Bertz CT molecular complexity index is 910. The van der Waals surface area contributed by atoms with Gasteiger partial charge in [0.05, 0.1) is 11.0 Å². The maximum atomic E-state index is 12.2. The van der Waals surface area contributed by atoms with Gasteiger partial charge in [0.2, 0.25) is 5.91 Å². The van der Waals surface area contributed by atoms with Gasteiger partial charge in [0.15, 0.2) is 15.7 Å². The molecule has 0 saturated heterocycles. The summed E-state index contributed by atoms with van der Waals surface area (Å²) in [6, 6.07) is 6.68. The summed E-state index contributed by atoms with van der Waals surface area (Å²) in [5, 5.41) is 5.95. The Balaban J connectivity index is 1.60. The van der Waals surface area contributed by atoms with Crippen molar-refractivity contribution in [3.63, 3.8) is 0 Å². The van der Waals surface area contributed by atoms with E-state index in [1.165, 1.54) is 0 Å². The largest absolute Gasteiger partial charge is 0.439 e. The number of carbonyl (C=O) groups excluding carboxylic acids is 1. The second-order valence-corrected chi connectivity index (χ2v) is 8.50. The number of nitrogens with zero attached hydrogens (tertiary/aromatic N) is 1. The summed E-state index contributed by atoms with van der Waals surface area (Å²) in [4.78, 5) is 25.5. The van der Waals surface area contributed by atoms with Crippen molar-refractivity contribution >= 4 is 21.4 Å². The molecule has 1 aromatic heterocycles. The van der Waals surface area contributed by atoms with Gasteiger partial charge in [-0.2, -0.15) is 0 Å². The predicted molar refractivity (Wildman–Crippen MR) is 91.8 cm³/mol. The molecule has 1 heterocycles. The Hall–Kier alpha value is -2.42. The van der Waals surface area contributed by atoms with Crippen molar-refractivity contribution in [2.75, 3.05) is 11.1 Å². The number of aromatic nitrogens is 2. The van der Waals surface area contributed by atoms with Gasteiger partial charge in [-0.3, -0.25) is 14.3 Å². The molecular weight excluding hydrogens is 346 g/mol. The van der Waals surface area contributed by atoms with E-state index in [1.807, 2.05) is 0 Å². The first-order chi connectivity index (χ1) is 11.9. The van der Waals surface area contributed by atoms with Crippen molar-refractivity contribution < 1.29 is 17.7 Å². The van der Waals surface area contributed by atoms with Gasteiger partial charge in [0.25, 0.3) is 0 Å². The zero-order valence-corrected chi connectivity index (χ0v) is 14.3. The van der Waals surface area contributed by atoms with Crippen LogP contribution in [0.5, 0.6) is 0 Å². The van der Waals surface area contributed by atoms with E-state index >= 15 is 0 Å². The Morgan fingerprint density at radius 2 is 2.08 bits per heavy atom. The highest BCUT2D eigenvalue weighted by Crippen LogP contribution is 2.25. The summed E-state index contributed by atoms with van der Waals surface area (Å²) >= 11 is 0. The van der Waals surface area contributed by atoms with Crippen LogP contribution in [0.2, 0.25) is 0 Å². The Labute approximate surface area is 144 Å². The molecule has 0 spiro atoms. The molecule has 1 aromatic carbocycles. The molecule has 0 atom stereocenters. The van der Waals surface area contributed by atoms with Crippen molar-refractivity contribution in [3.05, 3.63) is 34.8 Å². The van der Waals surface area contributed by atoms with Gasteiger partial charge in [-0.1, -0.05) is 30.1 Å². The lowest BCUT2D eigenvalue weighted by Crippen LogP contribution is -2.24. The number of sulfone groups is 1. The SMILES string of the molecule is O=C(CCS(=O)(=O)C1CCCC1)Nc1cccc(-c2noc(=O)[nH]2)c1. The summed E-state index contributed by atoms with van der Waals surface area (Å²) in [7, 11) is -3.22. The Kier molecular flexibility index (Phi) is 5.03. The minimum atomic E-state index is -3.22. The lowest BCUT2D eigenvalue weighted by Gasteiger charge is -2.11. The molecule has 1 fully saturated rings. The number of carbonyl (C=O) groups is 1. The number of rotatable bonds is 6. The van der Waals surface area contributed by atoms with Gasteiger partial charge < -0.3 is 5.32 Å². The quantitative estimate of drug-likeness (QED) is 0.803. The summed E-state index contributed by atoms with van der Waals surface area (Å²) < 4.78 is 28.8. The van der Waals surface area contributed by atoms with E-state index in [0.717, 1.165) is 12.8 Å². The molecule has 134 valence electrons. The van der Waals surface area contributed by atoms with E-state index in [1.54, 1.807) is 24.3 Å². The average Bonchev–Trinajstić information content (AvgIpc) is 3.25. The normalized spacial score (nSPS) is 15.4. The number of amides is 1. The maximum Gasteiger partial charge on any atom is 0.439 e. The Morgan fingerprint density at radius 1 is 1.32 bits per heavy atom. The molecule has 2 N–H and O–H groups in total. The van der Waals surface area contributed by atoms with Crippen molar-refractivity contribution in [2.24, 2.45) is 0 Å². The van der Waals surface area contributed by atoms with Crippen LogP contribution in [-0.2, 0) is 14.6 Å². The van der Waals surface area contributed by atoms with Crippen LogP contribution in [0.15, 0.2) is 33.6 Å². The molecule has 25 heavy (non-hydrogen) atoms. The molecule has 1 aliphatic carbocycles. The lowest BCUT2D eigenvalue weighted by molar-refractivity contribution is -0.115. The molecule has 1 aliphatic rings. The average molecular weight is 365 g/mol. The van der Waals surface area contributed by atoms with Crippen LogP contribution >= 0.6 is 0 Å². The molecule has 2 aromatic rings. The maximum absolute atomic E-state index is 12.2. The third-order valence-corrected chi connectivity index (χ3v) is 6.54. The molecule has 0 bridgehead atoms. The molecule has 3 rings (SSSR count). The second-order valence-electron chi connectivity index (χ2n) is 6.10. The standard InChI is InChI=1S/C16H19N3O5S/c20-14(8-9-25(22,23)13-6-1-2-7-13)17-12-5-3-4-11(10-12)15-18-16(21)24-19-15/h3-5,10,13H,1-2,6-9H2,(H,17,20)(H,18,19,21). The highest BCUT2D eigenvalue weighted by atomic mass is 32.2. The van der Waals surface area contributed by atoms with Crippen molar-refractivity contribution in [1.29, 1.82) is 0 Å². The monoisotopic (exact) mass is 365 g/mol. The fraction of sp³-hybridized carbons (Fsp3) is 0.438. The first-order valence-corrected chi connectivity index (χ1v) is 9.83. The molecule has 1 saturated carbocycles. The predicted octanol–water partition coefficient (Wildman–Crippen LogP) is 1.72. The number of anilines is 1. The number of aromatic amines is 1. The minimum absolute atomic E-state index is 0.0795. The summed E-state index contributed by atoms with van der Waals surface area (Å²) in [5.41, 5.74) is 1.06. The molecule has 1 amide bonds. The van der Waals surface area contributed by atoms with Gasteiger partial charge in [0.1, 0.15) is 0 Å². The van der Waals surface area contributed by atoms with Crippen molar-refractivity contribution in [3.8, 4) is 11.4 Å². The summed E-state index contributed by atoms with van der Waals surface area (Å²) in [6.45, 7) is 0. The van der Waals surface area contributed by atoms with Crippen LogP contribution in [0.4, 0.5) is 5.69 Å². The van der Waals surface area contributed by atoms with Crippen LogP contribution < -0.4 is 11.1 Å². The van der Waals surface area contributed by atoms with E-state index in [2.05, 4.69) is 20.0 Å². The zero-order valence-electron chi connectivity index (χ0n) is 13.5. The van der Waals surface area contributed by atoms with Crippen LogP contribution in [0, 0.1) is 0 Å². The fourth-order valence-electron chi connectivity index (χ4n) is 2.97. The third kappa shape index (κ3) is 4.36. The number of nitrogens with one attached hydrogen (secondary N) is 2. The summed E-state index contributed by atoms with van der Waals surface area (Å²) in [6.07, 6.45) is 3.19. The summed E-state index contributed by atoms with van der Waals surface area (Å²) in [5.74, 6) is -0.918. The molecule has 8 nitrogen and oxygen atoms in total.